The van der Waals surface area contributed by atoms with E-state index >= 15 is 0 Å². The first-order chi connectivity index (χ1) is 13.7. The maximum absolute atomic E-state index is 4.05. The lowest BCUT2D eigenvalue weighted by Gasteiger charge is -2.62. The van der Waals surface area contributed by atoms with Gasteiger partial charge in [0.1, 0.15) is 0 Å². The van der Waals surface area contributed by atoms with Gasteiger partial charge in [0.05, 0.1) is 0 Å². The molecule has 0 bridgehead atoms. The van der Waals surface area contributed by atoms with Gasteiger partial charge in [-0.25, -0.2) is 0 Å². The van der Waals surface area contributed by atoms with Crippen molar-refractivity contribution in [2.45, 2.75) is 115 Å². The third kappa shape index (κ3) is 4.06. The molecule has 29 heavy (non-hydrogen) atoms. The molecule has 4 fully saturated rings. The van der Waals surface area contributed by atoms with Crippen molar-refractivity contribution < 1.29 is 0 Å². The van der Waals surface area contributed by atoms with Gasteiger partial charge in [-0.05, 0) is 104 Å². The highest BCUT2D eigenvalue weighted by Crippen LogP contribution is 2.68. The van der Waals surface area contributed by atoms with E-state index in [0.717, 1.165) is 41.4 Å². The van der Waals surface area contributed by atoms with E-state index in [1.807, 2.05) is 0 Å². The van der Waals surface area contributed by atoms with E-state index in [-0.39, 0.29) is 0 Å². The zero-order chi connectivity index (χ0) is 21.0. The molecule has 0 nitrogen and oxygen atoms in total. The second-order valence-electron chi connectivity index (χ2n) is 12.7. The summed E-state index contributed by atoms with van der Waals surface area (Å²) < 4.78 is 0. The fourth-order valence-electron chi connectivity index (χ4n) is 9.23. The normalized spacial score (nSPS) is 50.7. The van der Waals surface area contributed by atoms with E-state index < -0.39 is 0 Å². The van der Waals surface area contributed by atoms with Crippen LogP contribution in [0.4, 0.5) is 0 Å². The number of fused-ring (bicyclic) bond motifs is 5. The molecule has 4 aliphatic rings. The minimum Gasteiger partial charge on any atom is -0.0878 e. The van der Waals surface area contributed by atoms with E-state index in [9.17, 15) is 0 Å². The highest BCUT2D eigenvalue weighted by Gasteiger charge is 2.61. The Morgan fingerprint density at radius 2 is 1.55 bits per heavy atom. The lowest BCUT2D eigenvalue weighted by Crippen LogP contribution is -2.55. The number of rotatable bonds is 5. The fourth-order valence-corrected chi connectivity index (χ4v) is 10.8. The average Bonchev–Trinajstić information content (AvgIpc) is 3.00. The summed E-state index contributed by atoms with van der Waals surface area (Å²) in [5.41, 5.74) is 1.23. The molecular weight excluding hydrogens is 484 g/mol. The smallest absolute Gasteiger partial charge is 0.0276 e. The Morgan fingerprint density at radius 1 is 0.828 bits per heavy atom. The first-order valence-corrected chi connectivity index (χ1v) is 14.8. The van der Waals surface area contributed by atoms with Crippen LogP contribution in [0.3, 0.4) is 0 Å². The zero-order valence-electron chi connectivity index (χ0n) is 19.7. The number of hydrogen-bond acceptors (Lipinski definition) is 0. The fraction of sp³-hybridized carbons (Fsp3) is 1.00. The summed E-state index contributed by atoms with van der Waals surface area (Å²) in [7, 11) is 0. The van der Waals surface area contributed by atoms with Gasteiger partial charge < -0.3 is 0 Å². The summed E-state index contributed by atoms with van der Waals surface area (Å²) in [5, 5.41) is 0. The Bertz CT molecular complexity index is 573. The summed E-state index contributed by atoms with van der Waals surface area (Å²) in [6.45, 7) is 12.8. The van der Waals surface area contributed by atoms with Crippen LogP contribution in [0.5, 0.6) is 0 Å². The van der Waals surface area contributed by atoms with Gasteiger partial charge in [-0.2, -0.15) is 0 Å². The molecule has 168 valence electrons. The monoisotopic (exact) mass is 528 g/mol. The number of alkyl halides is 2. The third-order valence-electron chi connectivity index (χ3n) is 10.8. The first kappa shape index (κ1) is 23.1. The van der Waals surface area contributed by atoms with Gasteiger partial charge in [0.15, 0.2) is 0 Å². The predicted molar refractivity (Wildman–Crippen MR) is 134 cm³/mol. The maximum atomic E-state index is 4.05. The van der Waals surface area contributed by atoms with Crippen LogP contribution in [-0.2, 0) is 0 Å². The van der Waals surface area contributed by atoms with Gasteiger partial charge in [0.25, 0.3) is 0 Å². The molecule has 0 aromatic rings. The van der Waals surface area contributed by atoms with E-state index in [0.29, 0.717) is 20.5 Å². The summed E-state index contributed by atoms with van der Waals surface area (Å²) in [6.07, 6.45) is 16.3. The highest BCUT2D eigenvalue weighted by molar-refractivity contribution is 9.12. The molecule has 2 heteroatoms. The zero-order valence-corrected chi connectivity index (χ0v) is 22.9. The van der Waals surface area contributed by atoms with Crippen LogP contribution < -0.4 is 0 Å². The molecule has 0 amide bonds. The van der Waals surface area contributed by atoms with Crippen LogP contribution in [0.15, 0.2) is 0 Å². The van der Waals surface area contributed by atoms with Crippen molar-refractivity contribution in [3.05, 3.63) is 0 Å². The standard InChI is InChI=1S/C27H46Br2/c1-17(2)7-6-8-18(3)21-11-12-22-20-10-9-19-15-24(28)25(29)16-27(19,5)23(20)13-14-26(21,22)4/h17-25H,6-16H2,1-5H3/t18-,19+,20+,21-,22+,23+,24+,25-,26-,27+/m1/s1. The molecule has 0 spiro atoms. The number of hydrogen-bond donors (Lipinski definition) is 0. The molecule has 0 heterocycles. The first-order valence-electron chi connectivity index (χ1n) is 12.9. The minimum absolute atomic E-state index is 0.587. The average molecular weight is 530 g/mol. The van der Waals surface area contributed by atoms with E-state index in [1.165, 1.54) is 70.6 Å². The summed E-state index contributed by atoms with van der Waals surface area (Å²) in [4.78, 5) is 1.36. The Balaban J connectivity index is 1.47. The highest BCUT2D eigenvalue weighted by atomic mass is 79.9. The second-order valence-corrected chi connectivity index (χ2v) is 15.0. The predicted octanol–water partition coefficient (Wildman–Crippen LogP) is 9.24. The van der Waals surface area contributed by atoms with Gasteiger partial charge in [0.2, 0.25) is 0 Å². The van der Waals surface area contributed by atoms with Crippen LogP contribution in [0.1, 0.15) is 105 Å². The molecule has 0 aliphatic heterocycles. The van der Waals surface area contributed by atoms with Crippen molar-refractivity contribution >= 4 is 31.9 Å². The second kappa shape index (κ2) is 8.72. The summed E-state index contributed by atoms with van der Waals surface area (Å²) in [5.74, 6) is 6.79. The molecule has 0 N–H and O–H groups in total. The maximum Gasteiger partial charge on any atom is 0.0276 e. The lowest BCUT2D eigenvalue weighted by atomic mass is 9.44. The van der Waals surface area contributed by atoms with Gasteiger partial charge in [0, 0.05) is 9.65 Å². The van der Waals surface area contributed by atoms with Crippen molar-refractivity contribution in [3.8, 4) is 0 Å². The topological polar surface area (TPSA) is 0 Å². The van der Waals surface area contributed by atoms with Gasteiger partial charge >= 0.3 is 0 Å². The summed E-state index contributed by atoms with van der Waals surface area (Å²) in [6, 6.07) is 0. The lowest BCUT2D eigenvalue weighted by molar-refractivity contribution is -0.112. The van der Waals surface area contributed by atoms with Crippen LogP contribution in [-0.4, -0.2) is 9.65 Å². The van der Waals surface area contributed by atoms with Gasteiger partial charge in [-0.15, -0.1) is 0 Å². The van der Waals surface area contributed by atoms with Crippen molar-refractivity contribution in [2.24, 2.45) is 52.3 Å². The quantitative estimate of drug-likeness (QED) is 0.311. The Kier molecular flexibility index (Phi) is 6.95. The molecule has 0 aromatic heterocycles. The van der Waals surface area contributed by atoms with Crippen molar-refractivity contribution in [2.75, 3.05) is 0 Å². The molecule has 4 saturated carbocycles. The van der Waals surface area contributed by atoms with Crippen LogP contribution in [0.2, 0.25) is 0 Å². The van der Waals surface area contributed by atoms with Crippen molar-refractivity contribution in [1.29, 1.82) is 0 Å². The van der Waals surface area contributed by atoms with Crippen LogP contribution in [0, 0.1) is 52.3 Å². The van der Waals surface area contributed by atoms with Gasteiger partial charge in [-0.1, -0.05) is 85.7 Å². The van der Waals surface area contributed by atoms with Gasteiger partial charge in [-0.3, -0.25) is 0 Å². The number of halogens is 2. The van der Waals surface area contributed by atoms with Crippen LogP contribution >= 0.6 is 31.9 Å². The molecular formula is C27H46Br2. The molecule has 0 unspecified atom stereocenters. The molecule has 0 radical (unpaired) electrons. The SMILES string of the molecule is CC(C)CCC[C@@H](C)[C@H]1CC[C@H]2[C@@H]3CC[C@H]4C[C@H](Br)[C@H](Br)C[C@]4(C)[C@H]3CC[C@]12C. The van der Waals surface area contributed by atoms with E-state index in [2.05, 4.69) is 66.5 Å². The largest absolute Gasteiger partial charge is 0.0878 e. The van der Waals surface area contributed by atoms with Crippen molar-refractivity contribution in [1.82, 2.24) is 0 Å². The molecule has 0 saturated heterocycles. The van der Waals surface area contributed by atoms with E-state index in [4.69, 9.17) is 0 Å². The van der Waals surface area contributed by atoms with Crippen LogP contribution in [0.25, 0.3) is 0 Å². The Hall–Kier alpha value is 0.960. The molecule has 0 aromatic carbocycles. The van der Waals surface area contributed by atoms with E-state index in [1.54, 1.807) is 0 Å². The third-order valence-corrected chi connectivity index (χ3v) is 13.5. The minimum atomic E-state index is 0.587. The molecule has 4 aliphatic carbocycles. The molecule has 10 atom stereocenters. The Morgan fingerprint density at radius 3 is 2.28 bits per heavy atom. The Labute approximate surface area is 198 Å². The molecule has 4 rings (SSSR count). The summed E-state index contributed by atoms with van der Waals surface area (Å²) >= 11 is 8.04. The van der Waals surface area contributed by atoms with Crippen molar-refractivity contribution in [3.63, 3.8) is 0 Å².